The topological polar surface area (TPSA) is 21.3 Å². The molecular formula is C14H23NO. The van der Waals surface area contributed by atoms with E-state index in [1.165, 1.54) is 16.7 Å². The lowest BCUT2D eigenvalue weighted by Gasteiger charge is -2.21. The molecule has 1 aromatic rings. The van der Waals surface area contributed by atoms with Gasteiger partial charge in [-0.15, -0.1) is 0 Å². The minimum absolute atomic E-state index is 0.153. The highest BCUT2D eigenvalue weighted by molar-refractivity contribution is 5.41. The Labute approximate surface area is 99.0 Å². The van der Waals surface area contributed by atoms with Gasteiger partial charge in [0.1, 0.15) is 5.75 Å². The predicted octanol–water partition coefficient (Wildman–Crippen LogP) is 3.20. The summed E-state index contributed by atoms with van der Waals surface area (Å²) in [5.74, 6) is 0.969. The van der Waals surface area contributed by atoms with Gasteiger partial charge >= 0.3 is 0 Å². The first-order valence-corrected chi connectivity index (χ1v) is 5.72. The average molecular weight is 221 g/mol. The summed E-state index contributed by atoms with van der Waals surface area (Å²) in [5.41, 5.74) is 3.96. The van der Waals surface area contributed by atoms with E-state index >= 15 is 0 Å². The van der Waals surface area contributed by atoms with Crippen molar-refractivity contribution < 1.29 is 4.74 Å². The Morgan fingerprint density at radius 1 is 1.12 bits per heavy atom. The van der Waals surface area contributed by atoms with E-state index in [1.54, 1.807) is 7.11 Å². The fourth-order valence-electron chi connectivity index (χ4n) is 1.62. The number of benzene rings is 1. The summed E-state index contributed by atoms with van der Waals surface area (Å²) in [6.45, 7) is 11.6. The summed E-state index contributed by atoms with van der Waals surface area (Å²) in [6, 6.07) is 4.31. The molecule has 1 aromatic carbocycles. The van der Waals surface area contributed by atoms with Gasteiger partial charge in [0.15, 0.2) is 0 Å². The van der Waals surface area contributed by atoms with Crippen LogP contribution in [0.5, 0.6) is 5.75 Å². The third kappa shape index (κ3) is 3.53. The van der Waals surface area contributed by atoms with Crippen molar-refractivity contribution in [2.24, 2.45) is 0 Å². The molecule has 0 atom stereocenters. The molecule has 0 spiro atoms. The van der Waals surface area contributed by atoms with Crippen LogP contribution < -0.4 is 10.1 Å². The fourth-order valence-corrected chi connectivity index (χ4v) is 1.62. The van der Waals surface area contributed by atoms with Crippen LogP contribution in [-0.2, 0) is 6.54 Å². The van der Waals surface area contributed by atoms with Gasteiger partial charge in [0.05, 0.1) is 7.11 Å². The maximum atomic E-state index is 5.31. The highest BCUT2D eigenvalue weighted by Gasteiger charge is 2.10. The summed E-state index contributed by atoms with van der Waals surface area (Å²) in [6.07, 6.45) is 0. The quantitative estimate of drug-likeness (QED) is 0.846. The van der Waals surface area contributed by atoms with Crippen molar-refractivity contribution in [3.05, 3.63) is 28.8 Å². The Balaban J connectivity index is 2.86. The minimum atomic E-state index is 0.153. The summed E-state index contributed by atoms with van der Waals surface area (Å²) < 4.78 is 5.31. The van der Waals surface area contributed by atoms with Gasteiger partial charge in [0.2, 0.25) is 0 Å². The molecule has 0 aliphatic heterocycles. The number of methoxy groups -OCH3 is 1. The van der Waals surface area contributed by atoms with Crippen molar-refractivity contribution in [3.8, 4) is 5.75 Å². The van der Waals surface area contributed by atoms with Gasteiger partial charge in [-0.05, 0) is 57.4 Å². The largest absolute Gasteiger partial charge is 0.496 e. The number of hydrogen-bond acceptors (Lipinski definition) is 2. The molecule has 1 N–H and O–H groups in total. The standard InChI is InChI=1S/C14H23NO/c1-10-8-13(16-6)11(2)7-12(10)9-15-14(3,4)5/h7-8,15H,9H2,1-6H3. The molecule has 0 unspecified atom stereocenters. The van der Waals surface area contributed by atoms with Crippen molar-refractivity contribution in [2.45, 2.75) is 46.7 Å². The van der Waals surface area contributed by atoms with Crippen LogP contribution in [0.15, 0.2) is 12.1 Å². The summed E-state index contributed by atoms with van der Waals surface area (Å²) >= 11 is 0. The average Bonchev–Trinajstić information content (AvgIpc) is 2.17. The van der Waals surface area contributed by atoms with Gasteiger partial charge in [-0.3, -0.25) is 0 Å². The first-order valence-electron chi connectivity index (χ1n) is 5.72. The third-order valence-electron chi connectivity index (χ3n) is 2.66. The van der Waals surface area contributed by atoms with Gasteiger partial charge in [-0.25, -0.2) is 0 Å². The van der Waals surface area contributed by atoms with Crippen LogP contribution in [0.3, 0.4) is 0 Å². The van der Waals surface area contributed by atoms with Gasteiger partial charge in [-0.1, -0.05) is 6.07 Å². The summed E-state index contributed by atoms with van der Waals surface area (Å²) in [5, 5.41) is 3.50. The maximum absolute atomic E-state index is 5.31. The van der Waals surface area contributed by atoms with Crippen LogP contribution in [0, 0.1) is 13.8 Å². The molecule has 0 amide bonds. The lowest BCUT2D eigenvalue weighted by molar-refractivity contribution is 0.409. The molecule has 0 aliphatic rings. The Morgan fingerprint density at radius 2 is 1.75 bits per heavy atom. The van der Waals surface area contributed by atoms with E-state index in [1.807, 2.05) is 0 Å². The number of hydrogen-bond donors (Lipinski definition) is 1. The van der Waals surface area contributed by atoms with Crippen molar-refractivity contribution in [1.82, 2.24) is 5.32 Å². The molecule has 1 rings (SSSR count). The fraction of sp³-hybridized carbons (Fsp3) is 0.571. The molecule has 16 heavy (non-hydrogen) atoms. The van der Waals surface area contributed by atoms with E-state index in [4.69, 9.17) is 4.74 Å². The number of nitrogens with one attached hydrogen (secondary N) is 1. The third-order valence-corrected chi connectivity index (χ3v) is 2.66. The predicted molar refractivity (Wildman–Crippen MR) is 69.1 cm³/mol. The molecule has 0 fully saturated rings. The Morgan fingerprint density at radius 3 is 2.25 bits per heavy atom. The maximum Gasteiger partial charge on any atom is 0.122 e. The first-order chi connectivity index (χ1) is 7.33. The van der Waals surface area contributed by atoms with E-state index in [9.17, 15) is 0 Å². The Kier molecular flexibility index (Phi) is 3.98. The lowest BCUT2D eigenvalue weighted by Crippen LogP contribution is -2.35. The molecule has 2 heteroatoms. The molecule has 0 saturated heterocycles. The molecule has 0 aromatic heterocycles. The van der Waals surface area contributed by atoms with Crippen LogP contribution in [0.25, 0.3) is 0 Å². The van der Waals surface area contributed by atoms with E-state index in [0.717, 1.165) is 12.3 Å². The molecule has 0 bridgehead atoms. The Bertz CT molecular complexity index is 364. The van der Waals surface area contributed by atoms with E-state index in [-0.39, 0.29) is 5.54 Å². The van der Waals surface area contributed by atoms with Crippen molar-refractivity contribution in [2.75, 3.05) is 7.11 Å². The van der Waals surface area contributed by atoms with Crippen molar-refractivity contribution >= 4 is 0 Å². The Hall–Kier alpha value is -1.02. The van der Waals surface area contributed by atoms with Gasteiger partial charge in [0, 0.05) is 12.1 Å². The SMILES string of the molecule is COc1cc(C)c(CNC(C)(C)C)cc1C. The van der Waals surface area contributed by atoms with Crippen LogP contribution in [0.4, 0.5) is 0 Å². The molecule has 90 valence electrons. The smallest absolute Gasteiger partial charge is 0.122 e. The number of aryl methyl sites for hydroxylation is 2. The van der Waals surface area contributed by atoms with E-state index < -0.39 is 0 Å². The zero-order valence-corrected chi connectivity index (χ0v) is 11.3. The lowest BCUT2D eigenvalue weighted by atomic mass is 10.0. The van der Waals surface area contributed by atoms with Crippen molar-refractivity contribution in [3.63, 3.8) is 0 Å². The zero-order chi connectivity index (χ0) is 12.3. The second kappa shape index (κ2) is 4.88. The van der Waals surface area contributed by atoms with Crippen LogP contribution in [-0.4, -0.2) is 12.6 Å². The highest BCUT2D eigenvalue weighted by Crippen LogP contribution is 2.22. The number of ether oxygens (including phenoxy) is 1. The molecule has 0 saturated carbocycles. The second-order valence-electron chi connectivity index (χ2n) is 5.35. The molecular weight excluding hydrogens is 198 g/mol. The minimum Gasteiger partial charge on any atom is -0.496 e. The van der Waals surface area contributed by atoms with E-state index in [2.05, 4.69) is 52.1 Å². The second-order valence-corrected chi connectivity index (χ2v) is 5.35. The van der Waals surface area contributed by atoms with E-state index in [0.29, 0.717) is 0 Å². The number of rotatable bonds is 3. The molecule has 0 heterocycles. The van der Waals surface area contributed by atoms with Gasteiger partial charge in [0.25, 0.3) is 0 Å². The van der Waals surface area contributed by atoms with Crippen LogP contribution in [0.1, 0.15) is 37.5 Å². The van der Waals surface area contributed by atoms with Crippen molar-refractivity contribution in [1.29, 1.82) is 0 Å². The monoisotopic (exact) mass is 221 g/mol. The van der Waals surface area contributed by atoms with Crippen LogP contribution >= 0.6 is 0 Å². The highest BCUT2D eigenvalue weighted by atomic mass is 16.5. The van der Waals surface area contributed by atoms with Gasteiger partial charge in [-0.2, -0.15) is 0 Å². The summed E-state index contributed by atoms with van der Waals surface area (Å²) in [4.78, 5) is 0. The summed E-state index contributed by atoms with van der Waals surface area (Å²) in [7, 11) is 1.72. The van der Waals surface area contributed by atoms with Crippen LogP contribution in [0.2, 0.25) is 0 Å². The zero-order valence-electron chi connectivity index (χ0n) is 11.3. The van der Waals surface area contributed by atoms with Gasteiger partial charge < -0.3 is 10.1 Å². The molecule has 0 aliphatic carbocycles. The normalized spacial score (nSPS) is 11.6. The first kappa shape index (κ1) is 13.0. The molecule has 0 radical (unpaired) electrons. The molecule has 2 nitrogen and oxygen atoms in total.